The Kier molecular flexibility index (Phi) is 6.04. The normalized spacial score (nSPS) is 11.5. The number of halogens is 3. The van der Waals surface area contributed by atoms with Gasteiger partial charge in [0.1, 0.15) is 0 Å². The molecular weight excluding hydrogens is 407 g/mol. The van der Waals surface area contributed by atoms with Gasteiger partial charge in [0.15, 0.2) is 4.34 Å². The van der Waals surface area contributed by atoms with Gasteiger partial charge in [0.05, 0.1) is 5.56 Å². The topological polar surface area (TPSA) is 54.9 Å². The average Bonchev–Trinajstić information content (AvgIpc) is 3.06. The number of aryl methyl sites for hydroxylation is 2. The molecule has 0 saturated heterocycles. The molecule has 0 spiro atoms. The monoisotopic (exact) mass is 423 g/mol. The highest BCUT2D eigenvalue weighted by atomic mass is 32.2. The molecule has 0 bridgehead atoms. The highest BCUT2D eigenvalue weighted by Crippen LogP contribution is 2.32. The van der Waals surface area contributed by atoms with Gasteiger partial charge in [-0.15, -0.1) is 10.2 Å². The molecule has 0 aliphatic carbocycles. The summed E-state index contributed by atoms with van der Waals surface area (Å²) in [6.45, 7) is 3.83. The van der Waals surface area contributed by atoms with Crippen LogP contribution in [-0.2, 0) is 11.9 Å². The zero-order valence-corrected chi connectivity index (χ0v) is 16.6. The molecule has 28 heavy (non-hydrogen) atoms. The summed E-state index contributed by atoms with van der Waals surface area (Å²) in [5.74, 6) is 0.0428. The van der Waals surface area contributed by atoms with Crippen LogP contribution in [0.4, 0.5) is 18.3 Å². The van der Waals surface area contributed by atoms with E-state index in [1.807, 2.05) is 19.9 Å². The van der Waals surface area contributed by atoms with Gasteiger partial charge in [0, 0.05) is 11.3 Å². The first-order valence-corrected chi connectivity index (χ1v) is 10.0. The van der Waals surface area contributed by atoms with Crippen molar-refractivity contribution in [3.63, 3.8) is 0 Å². The number of anilines is 1. The van der Waals surface area contributed by atoms with E-state index in [1.54, 1.807) is 18.2 Å². The Labute approximate surface area is 168 Å². The zero-order chi connectivity index (χ0) is 20.3. The molecule has 0 aliphatic rings. The van der Waals surface area contributed by atoms with Gasteiger partial charge in [-0.2, -0.15) is 13.2 Å². The standard InChI is InChI=1S/C19H16F3N3OS2/c1-11-6-12(2)8-14(7-11)16(26)23-17-24-25-18(28-17)27-10-13-4-3-5-15(9-13)19(20,21)22/h3-9H,10H2,1-2H3,(H,23,24,26). The number of benzene rings is 2. The fourth-order valence-corrected chi connectivity index (χ4v) is 4.27. The second-order valence-corrected chi connectivity index (χ2v) is 8.39. The Morgan fingerprint density at radius 1 is 1.11 bits per heavy atom. The van der Waals surface area contributed by atoms with Crippen molar-refractivity contribution in [1.82, 2.24) is 10.2 Å². The third-order valence-corrected chi connectivity index (χ3v) is 5.77. The fourth-order valence-electron chi connectivity index (χ4n) is 2.58. The van der Waals surface area contributed by atoms with Crippen molar-refractivity contribution in [2.45, 2.75) is 30.1 Å². The molecule has 1 N–H and O–H groups in total. The highest BCUT2D eigenvalue weighted by Gasteiger charge is 2.30. The SMILES string of the molecule is Cc1cc(C)cc(C(=O)Nc2nnc(SCc3cccc(C(F)(F)F)c3)s2)c1. The Morgan fingerprint density at radius 3 is 2.50 bits per heavy atom. The van der Waals surface area contributed by atoms with E-state index in [4.69, 9.17) is 0 Å². The van der Waals surface area contributed by atoms with E-state index >= 15 is 0 Å². The molecule has 3 aromatic rings. The number of nitrogens with one attached hydrogen (secondary N) is 1. The number of nitrogens with zero attached hydrogens (tertiary/aromatic N) is 2. The highest BCUT2D eigenvalue weighted by molar-refractivity contribution is 8.00. The van der Waals surface area contributed by atoms with Crippen LogP contribution in [0.5, 0.6) is 0 Å². The predicted molar refractivity (Wildman–Crippen MR) is 105 cm³/mol. The van der Waals surface area contributed by atoms with E-state index in [9.17, 15) is 18.0 Å². The minimum atomic E-state index is -4.37. The van der Waals surface area contributed by atoms with E-state index in [2.05, 4.69) is 15.5 Å². The van der Waals surface area contributed by atoms with Crippen LogP contribution in [0.15, 0.2) is 46.8 Å². The number of hydrogen-bond donors (Lipinski definition) is 1. The molecule has 4 nitrogen and oxygen atoms in total. The molecule has 0 fully saturated rings. The molecule has 0 unspecified atom stereocenters. The van der Waals surface area contributed by atoms with E-state index in [-0.39, 0.29) is 5.91 Å². The van der Waals surface area contributed by atoms with Crippen molar-refractivity contribution < 1.29 is 18.0 Å². The Bertz CT molecular complexity index is 982. The molecule has 0 aliphatic heterocycles. The molecule has 2 aromatic carbocycles. The van der Waals surface area contributed by atoms with Crippen LogP contribution >= 0.6 is 23.1 Å². The summed E-state index contributed by atoms with van der Waals surface area (Å²) in [7, 11) is 0. The number of carbonyl (C=O) groups is 1. The lowest BCUT2D eigenvalue weighted by atomic mass is 10.1. The fraction of sp³-hybridized carbons (Fsp3) is 0.211. The molecule has 1 aromatic heterocycles. The molecule has 1 heterocycles. The molecule has 1 amide bonds. The molecule has 0 radical (unpaired) electrons. The van der Waals surface area contributed by atoms with Crippen molar-refractivity contribution in [2.75, 3.05) is 5.32 Å². The predicted octanol–water partition coefficient (Wildman–Crippen LogP) is 5.72. The summed E-state index contributed by atoms with van der Waals surface area (Å²) in [5.41, 5.74) is 2.37. The molecule has 3 rings (SSSR count). The summed E-state index contributed by atoms with van der Waals surface area (Å²) < 4.78 is 38.9. The first-order valence-electron chi connectivity index (χ1n) is 8.23. The maximum absolute atomic E-state index is 12.8. The number of aromatic nitrogens is 2. The number of alkyl halides is 3. The van der Waals surface area contributed by atoms with Crippen molar-refractivity contribution in [1.29, 1.82) is 0 Å². The Morgan fingerprint density at radius 2 is 1.82 bits per heavy atom. The molecular formula is C19H16F3N3OS2. The molecule has 0 saturated carbocycles. The van der Waals surface area contributed by atoms with Gasteiger partial charge in [0.25, 0.3) is 5.91 Å². The number of rotatable bonds is 5. The van der Waals surface area contributed by atoms with Gasteiger partial charge < -0.3 is 0 Å². The maximum Gasteiger partial charge on any atom is 0.416 e. The van der Waals surface area contributed by atoms with Crippen LogP contribution in [0.3, 0.4) is 0 Å². The van der Waals surface area contributed by atoms with Crippen molar-refractivity contribution in [3.05, 3.63) is 70.3 Å². The van der Waals surface area contributed by atoms with Gasteiger partial charge in [-0.1, -0.05) is 58.5 Å². The minimum absolute atomic E-state index is 0.280. The third-order valence-electron chi connectivity index (χ3n) is 3.73. The molecule has 0 atom stereocenters. The van der Waals surface area contributed by atoms with Crippen molar-refractivity contribution in [2.24, 2.45) is 0 Å². The second kappa shape index (κ2) is 8.32. The lowest BCUT2D eigenvalue weighted by molar-refractivity contribution is -0.137. The lowest BCUT2D eigenvalue weighted by Crippen LogP contribution is -2.12. The molecule has 9 heteroatoms. The maximum atomic E-state index is 12.8. The summed E-state index contributed by atoms with van der Waals surface area (Å²) in [6, 6.07) is 10.7. The first-order chi connectivity index (χ1) is 13.2. The van der Waals surface area contributed by atoms with Gasteiger partial charge in [-0.3, -0.25) is 10.1 Å². The van der Waals surface area contributed by atoms with E-state index in [0.717, 1.165) is 23.3 Å². The van der Waals surface area contributed by atoms with Crippen molar-refractivity contribution >= 4 is 34.1 Å². The summed E-state index contributed by atoms with van der Waals surface area (Å²) >= 11 is 2.45. The lowest BCUT2D eigenvalue weighted by Gasteiger charge is -2.07. The van der Waals surface area contributed by atoms with Crippen molar-refractivity contribution in [3.8, 4) is 0 Å². The third kappa shape index (κ3) is 5.32. The van der Waals surface area contributed by atoms with Gasteiger partial charge in [-0.25, -0.2) is 0 Å². The van der Waals surface area contributed by atoms with Crippen LogP contribution in [-0.4, -0.2) is 16.1 Å². The van der Waals surface area contributed by atoms with Crippen LogP contribution < -0.4 is 5.32 Å². The summed E-state index contributed by atoms with van der Waals surface area (Å²) in [5, 5.41) is 11.0. The molecule has 146 valence electrons. The quantitative estimate of drug-likeness (QED) is 0.421. The Balaban J connectivity index is 1.62. The van der Waals surface area contributed by atoms with Crippen LogP contribution in [0, 0.1) is 13.8 Å². The number of thioether (sulfide) groups is 1. The van der Waals surface area contributed by atoms with E-state index in [0.29, 0.717) is 26.4 Å². The first kappa shape index (κ1) is 20.3. The second-order valence-electron chi connectivity index (χ2n) is 6.19. The number of hydrogen-bond acceptors (Lipinski definition) is 5. The number of amides is 1. The smallest absolute Gasteiger partial charge is 0.296 e. The Hall–Kier alpha value is -2.39. The minimum Gasteiger partial charge on any atom is -0.296 e. The van der Waals surface area contributed by atoms with E-state index < -0.39 is 11.7 Å². The van der Waals surface area contributed by atoms with Crippen LogP contribution in [0.25, 0.3) is 0 Å². The number of carbonyl (C=O) groups excluding carboxylic acids is 1. The summed E-state index contributed by atoms with van der Waals surface area (Å²) in [4.78, 5) is 12.4. The van der Waals surface area contributed by atoms with Gasteiger partial charge >= 0.3 is 6.18 Å². The average molecular weight is 423 g/mol. The van der Waals surface area contributed by atoms with Crippen LogP contribution in [0.2, 0.25) is 0 Å². The van der Waals surface area contributed by atoms with Gasteiger partial charge in [0.2, 0.25) is 5.13 Å². The van der Waals surface area contributed by atoms with Crippen LogP contribution in [0.1, 0.15) is 32.6 Å². The van der Waals surface area contributed by atoms with Gasteiger partial charge in [-0.05, 0) is 37.6 Å². The zero-order valence-electron chi connectivity index (χ0n) is 15.0. The van der Waals surface area contributed by atoms with E-state index in [1.165, 1.54) is 29.2 Å². The summed E-state index contributed by atoms with van der Waals surface area (Å²) in [6.07, 6.45) is -4.37. The largest absolute Gasteiger partial charge is 0.416 e.